The molecule has 6 heteroatoms. The third-order valence-corrected chi connectivity index (χ3v) is 5.62. The number of hydrogen-bond donors (Lipinski definition) is 2. The van der Waals surface area contributed by atoms with Crippen LogP contribution in [-0.4, -0.2) is 27.4 Å². The zero-order valence-corrected chi connectivity index (χ0v) is 15.8. The van der Waals surface area contributed by atoms with Crippen LogP contribution in [0.1, 0.15) is 70.9 Å². The molecule has 2 aliphatic rings. The van der Waals surface area contributed by atoms with E-state index in [4.69, 9.17) is 0 Å². The first kappa shape index (κ1) is 17.8. The van der Waals surface area contributed by atoms with E-state index in [-0.39, 0.29) is 17.9 Å². The third-order valence-electron chi connectivity index (χ3n) is 5.62. The summed E-state index contributed by atoms with van der Waals surface area (Å²) < 4.78 is 1.94. The van der Waals surface area contributed by atoms with Crippen molar-refractivity contribution in [2.24, 2.45) is 0 Å². The number of aryl methyl sites for hydroxylation is 1. The highest BCUT2D eigenvalue weighted by Crippen LogP contribution is 2.24. The number of para-hydroxylation sites is 1. The lowest BCUT2D eigenvalue weighted by Crippen LogP contribution is -2.35. The van der Waals surface area contributed by atoms with Crippen LogP contribution in [0.4, 0.5) is 5.69 Å². The molecule has 2 amide bonds. The standard InChI is InChI=1S/C21H26N4O2/c1-14-8-2-5-11-16(14)23-20(26)18-17-12-6-7-13-25(17)19(24-18)21(27)22-15-9-3-4-10-15/h2,5,8,11,15H,3-4,6-7,9-10,12-13H2,1H3,(H,22,27)(H,23,26). The molecule has 0 saturated heterocycles. The van der Waals surface area contributed by atoms with Crippen molar-refractivity contribution in [3.63, 3.8) is 0 Å². The van der Waals surface area contributed by atoms with Crippen molar-refractivity contribution < 1.29 is 9.59 Å². The van der Waals surface area contributed by atoms with E-state index in [1.54, 1.807) is 0 Å². The maximum Gasteiger partial charge on any atom is 0.287 e. The number of nitrogens with one attached hydrogen (secondary N) is 2. The Balaban J connectivity index is 1.61. The smallest absolute Gasteiger partial charge is 0.287 e. The van der Waals surface area contributed by atoms with E-state index >= 15 is 0 Å². The number of rotatable bonds is 4. The molecule has 1 aliphatic carbocycles. The molecule has 1 aromatic heterocycles. The number of carbonyl (C=O) groups is 2. The molecule has 1 aliphatic heterocycles. The quantitative estimate of drug-likeness (QED) is 0.870. The molecular formula is C21H26N4O2. The summed E-state index contributed by atoms with van der Waals surface area (Å²) in [5.41, 5.74) is 3.04. The molecule has 1 fully saturated rings. The molecule has 6 nitrogen and oxygen atoms in total. The van der Waals surface area contributed by atoms with Gasteiger partial charge in [-0.25, -0.2) is 4.98 Å². The van der Waals surface area contributed by atoms with E-state index in [1.807, 2.05) is 35.8 Å². The Morgan fingerprint density at radius 2 is 1.85 bits per heavy atom. The molecule has 2 N–H and O–H groups in total. The van der Waals surface area contributed by atoms with Gasteiger partial charge in [-0.15, -0.1) is 0 Å². The zero-order valence-electron chi connectivity index (χ0n) is 15.8. The molecule has 27 heavy (non-hydrogen) atoms. The number of nitrogens with zero attached hydrogens (tertiary/aromatic N) is 2. The lowest BCUT2D eigenvalue weighted by atomic mass is 10.1. The second-order valence-electron chi connectivity index (χ2n) is 7.56. The molecule has 0 spiro atoms. The Morgan fingerprint density at radius 1 is 1.07 bits per heavy atom. The molecule has 0 bridgehead atoms. The van der Waals surface area contributed by atoms with Crippen LogP contribution in [0, 0.1) is 6.92 Å². The van der Waals surface area contributed by atoms with Crippen LogP contribution in [-0.2, 0) is 13.0 Å². The van der Waals surface area contributed by atoms with Gasteiger partial charge in [-0.05, 0) is 50.7 Å². The second kappa shape index (κ2) is 7.55. The number of anilines is 1. The van der Waals surface area contributed by atoms with E-state index in [2.05, 4.69) is 15.6 Å². The lowest BCUT2D eigenvalue weighted by Gasteiger charge is -2.18. The minimum atomic E-state index is -0.241. The molecule has 1 aromatic carbocycles. The summed E-state index contributed by atoms with van der Waals surface area (Å²) in [6.07, 6.45) is 7.18. The Kier molecular flexibility index (Phi) is 4.97. The first-order valence-corrected chi connectivity index (χ1v) is 9.90. The van der Waals surface area contributed by atoms with Crippen LogP contribution in [0.2, 0.25) is 0 Å². The number of fused-ring (bicyclic) bond motifs is 1. The Bertz CT molecular complexity index is 865. The fraction of sp³-hybridized carbons (Fsp3) is 0.476. The number of benzene rings is 1. The molecule has 0 radical (unpaired) electrons. The summed E-state index contributed by atoms with van der Waals surface area (Å²) in [4.78, 5) is 30.2. The Labute approximate surface area is 159 Å². The summed E-state index contributed by atoms with van der Waals surface area (Å²) in [5, 5.41) is 6.06. The van der Waals surface area contributed by atoms with Crippen LogP contribution >= 0.6 is 0 Å². The average molecular weight is 366 g/mol. The molecule has 4 rings (SSSR count). The van der Waals surface area contributed by atoms with Crippen LogP contribution < -0.4 is 10.6 Å². The van der Waals surface area contributed by atoms with Crippen LogP contribution in [0.5, 0.6) is 0 Å². The fourth-order valence-electron chi connectivity index (χ4n) is 4.11. The molecule has 142 valence electrons. The van der Waals surface area contributed by atoms with Gasteiger partial charge in [-0.2, -0.15) is 0 Å². The van der Waals surface area contributed by atoms with Crippen molar-refractivity contribution in [2.75, 3.05) is 5.32 Å². The first-order valence-electron chi connectivity index (χ1n) is 9.90. The maximum absolute atomic E-state index is 12.9. The second-order valence-corrected chi connectivity index (χ2v) is 7.56. The van der Waals surface area contributed by atoms with Gasteiger partial charge in [0.05, 0.1) is 5.69 Å². The predicted octanol–water partition coefficient (Wildman–Crippen LogP) is 3.45. The summed E-state index contributed by atoms with van der Waals surface area (Å²) in [6.45, 7) is 2.70. The first-order chi connectivity index (χ1) is 13.1. The monoisotopic (exact) mass is 366 g/mol. The Morgan fingerprint density at radius 3 is 2.63 bits per heavy atom. The third kappa shape index (κ3) is 3.61. The minimum Gasteiger partial charge on any atom is -0.347 e. The normalized spacial score (nSPS) is 16.8. The van der Waals surface area contributed by atoms with Crippen molar-refractivity contribution in [3.8, 4) is 0 Å². The fourth-order valence-corrected chi connectivity index (χ4v) is 4.11. The summed E-state index contributed by atoms with van der Waals surface area (Å²) >= 11 is 0. The summed E-state index contributed by atoms with van der Waals surface area (Å²) in [6, 6.07) is 7.90. The molecule has 2 aromatic rings. The van der Waals surface area contributed by atoms with Gasteiger partial charge in [0.15, 0.2) is 11.5 Å². The number of amides is 2. The minimum absolute atomic E-state index is 0.153. The van der Waals surface area contributed by atoms with Gasteiger partial charge in [0.2, 0.25) is 0 Å². The van der Waals surface area contributed by atoms with Gasteiger partial charge in [0, 0.05) is 18.3 Å². The van der Waals surface area contributed by atoms with Crippen molar-refractivity contribution in [2.45, 2.75) is 64.5 Å². The molecular weight excluding hydrogens is 340 g/mol. The highest BCUT2D eigenvalue weighted by molar-refractivity contribution is 6.05. The SMILES string of the molecule is Cc1ccccc1NC(=O)c1nc(C(=O)NC2CCCC2)n2c1CCCC2. The molecule has 0 unspecified atom stereocenters. The van der Waals surface area contributed by atoms with Crippen molar-refractivity contribution in [1.29, 1.82) is 0 Å². The molecule has 0 atom stereocenters. The number of aromatic nitrogens is 2. The van der Waals surface area contributed by atoms with Crippen molar-refractivity contribution in [3.05, 3.63) is 47.0 Å². The van der Waals surface area contributed by atoms with Gasteiger partial charge in [0.25, 0.3) is 11.8 Å². The highest BCUT2D eigenvalue weighted by Gasteiger charge is 2.29. The van der Waals surface area contributed by atoms with E-state index in [1.165, 1.54) is 0 Å². The number of carbonyl (C=O) groups excluding carboxylic acids is 2. The number of imidazole rings is 1. The van der Waals surface area contributed by atoms with Gasteiger partial charge >= 0.3 is 0 Å². The van der Waals surface area contributed by atoms with E-state index in [9.17, 15) is 9.59 Å². The predicted molar refractivity (Wildman–Crippen MR) is 104 cm³/mol. The Hall–Kier alpha value is -2.63. The topological polar surface area (TPSA) is 76.0 Å². The van der Waals surface area contributed by atoms with Gasteiger partial charge in [0.1, 0.15) is 0 Å². The van der Waals surface area contributed by atoms with Crippen molar-refractivity contribution >= 4 is 17.5 Å². The van der Waals surface area contributed by atoms with Gasteiger partial charge in [-0.1, -0.05) is 31.0 Å². The summed E-state index contributed by atoms with van der Waals surface area (Å²) in [7, 11) is 0. The van der Waals surface area contributed by atoms with Gasteiger partial charge in [-0.3, -0.25) is 9.59 Å². The van der Waals surface area contributed by atoms with E-state index in [0.717, 1.165) is 68.4 Å². The summed E-state index contributed by atoms with van der Waals surface area (Å²) in [5.74, 6) is -0.0126. The van der Waals surface area contributed by atoms with Crippen molar-refractivity contribution in [1.82, 2.24) is 14.9 Å². The van der Waals surface area contributed by atoms with Crippen LogP contribution in [0.15, 0.2) is 24.3 Å². The maximum atomic E-state index is 12.9. The lowest BCUT2D eigenvalue weighted by molar-refractivity contribution is 0.0921. The zero-order chi connectivity index (χ0) is 18.8. The average Bonchev–Trinajstić information content (AvgIpc) is 3.31. The van der Waals surface area contributed by atoms with Gasteiger partial charge < -0.3 is 15.2 Å². The van der Waals surface area contributed by atoms with E-state index < -0.39 is 0 Å². The van der Waals surface area contributed by atoms with Crippen LogP contribution in [0.3, 0.4) is 0 Å². The van der Waals surface area contributed by atoms with E-state index in [0.29, 0.717) is 11.5 Å². The number of hydrogen-bond acceptors (Lipinski definition) is 3. The highest BCUT2D eigenvalue weighted by atomic mass is 16.2. The molecule has 1 saturated carbocycles. The van der Waals surface area contributed by atoms with Crippen LogP contribution in [0.25, 0.3) is 0 Å². The largest absolute Gasteiger partial charge is 0.347 e. The molecule has 2 heterocycles.